The minimum absolute atomic E-state index is 0.0287. The fourth-order valence-corrected chi connectivity index (χ4v) is 4.34. The average molecular weight is 534 g/mol. The van der Waals surface area contributed by atoms with Gasteiger partial charge in [0, 0.05) is 5.69 Å². The lowest BCUT2D eigenvalue weighted by molar-refractivity contribution is -0.909. The van der Waals surface area contributed by atoms with Gasteiger partial charge < -0.3 is 64.9 Å². The highest BCUT2D eigenvalue weighted by Gasteiger charge is 2.55. The predicted molar refractivity (Wildman–Crippen MR) is 121 cm³/mol. The third-order valence-corrected chi connectivity index (χ3v) is 6.28. The molecule has 2 fully saturated rings. The third kappa shape index (κ3) is 6.11. The molecule has 1 aromatic carbocycles. The van der Waals surface area contributed by atoms with Gasteiger partial charge in [-0.15, -0.1) is 0 Å². The highest BCUT2D eigenvalue weighted by atomic mass is 16.7. The van der Waals surface area contributed by atoms with Crippen molar-refractivity contribution >= 4 is 17.6 Å². The van der Waals surface area contributed by atoms with Gasteiger partial charge in [0.1, 0.15) is 54.5 Å². The number of rotatable bonds is 7. The maximum absolute atomic E-state index is 12.5. The molecule has 37 heavy (non-hydrogen) atoms. The number of quaternary nitrogens is 1. The van der Waals surface area contributed by atoms with Gasteiger partial charge in [0.15, 0.2) is 18.4 Å². The molecule has 0 saturated carbocycles. The first-order valence-corrected chi connectivity index (χ1v) is 11.3. The number of ether oxygens (including phenoxy) is 4. The molecule has 3 rings (SSSR count). The van der Waals surface area contributed by atoms with Crippen LogP contribution in [0, 0.1) is 0 Å². The summed E-state index contributed by atoms with van der Waals surface area (Å²) < 4.78 is 21.5. The van der Waals surface area contributed by atoms with Gasteiger partial charge in [0.25, 0.3) is 0 Å². The van der Waals surface area contributed by atoms with Crippen molar-refractivity contribution in [3.8, 4) is 5.75 Å². The van der Waals surface area contributed by atoms with E-state index in [-0.39, 0.29) is 15.7 Å². The number of nitrogen functional groups attached to an aromatic ring is 1. The molecule has 2 aliphatic heterocycles. The average Bonchev–Trinajstić information content (AvgIpc) is 2.79. The number of carbonyl (C=O) groups is 2. The van der Waals surface area contributed by atoms with Crippen molar-refractivity contribution < 1.29 is 68.8 Å². The zero-order valence-corrected chi connectivity index (χ0v) is 20.3. The molecular formula is C22H33N2O13+. The van der Waals surface area contributed by atoms with E-state index in [4.69, 9.17) is 24.7 Å². The Balaban J connectivity index is 1.85. The van der Waals surface area contributed by atoms with E-state index >= 15 is 0 Å². The van der Waals surface area contributed by atoms with E-state index in [1.54, 1.807) is 21.1 Å². The van der Waals surface area contributed by atoms with Crippen molar-refractivity contribution in [1.82, 2.24) is 0 Å². The molecule has 9 N–H and O–H groups in total. The number of aromatic hydroxyl groups is 1. The second kappa shape index (κ2) is 11.0. The van der Waals surface area contributed by atoms with Crippen molar-refractivity contribution in [3.63, 3.8) is 0 Å². The van der Waals surface area contributed by atoms with E-state index in [2.05, 4.69) is 0 Å². The molecule has 2 saturated heterocycles. The molecule has 0 radical (unpaired) electrons. The van der Waals surface area contributed by atoms with Crippen LogP contribution >= 0.6 is 0 Å². The fourth-order valence-electron chi connectivity index (χ4n) is 4.34. The molecule has 15 nitrogen and oxygen atoms in total. The van der Waals surface area contributed by atoms with Gasteiger partial charge in [-0.2, -0.15) is 0 Å². The van der Waals surface area contributed by atoms with Crippen LogP contribution < -0.4 is 5.73 Å². The quantitative estimate of drug-likeness (QED) is 0.0736. The Labute approximate surface area is 211 Å². The lowest BCUT2D eigenvalue weighted by atomic mass is 9.94. The van der Waals surface area contributed by atoms with Crippen molar-refractivity contribution in [2.75, 3.05) is 33.5 Å². The number of phenolic OH excluding ortho intramolecular Hbond substituents is 1. The van der Waals surface area contributed by atoms with Crippen molar-refractivity contribution in [2.24, 2.45) is 0 Å². The molecule has 0 spiro atoms. The van der Waals surface area contributed by atoms with Gasteiger partial charge >= 0.3 is 11.9 Å². The zero-order valence-electron chi connectivity index (χ0n) is 20.3. The maximum atomic E-state index is 12.5. The number of hydrogen-bond donors (Lipinski definition) is 8. The molecule has 0 aliphatic carbocycles. The Kier molecular flexibility index (Phi) is 8.63. The summed E-state index contributed by atoms with van der Waals surface area (Å²) in [5.74, 6) is -3.06. The molecule has 2 heterocycles. The van der Waals surface area contributed by atoms with Crippen LogP contribution in [0.4, 0.5) is 5.69 Å². The number of nitrogens with two attached hydrogens (primary N) is 1. The van der Waals surface area contributed by atoms with Crippen molar-refractivity contribution in [2.45, 2.75) is 61.3 Å². The number of benzene rings is 1. The van der Waals surface area contributed by atoms with E-state index in [0.29, 0.717) is 0 Å². The first-order chi connectivity index (χ1) is 17.1. The van der Waals surface area contributed by atoms with E-state index in [1.165, 1.54) is 18.2 Å². The lowest BCUT2D eigenvalue weighted by Gasteiger charge is -2.49. The van der Waals surface area contributed by atoms with E-state index in [1.807, 2.05) is 0 Å². The Morgan fingerprint density at radius 1 is 1.00 bits per heavy atom. The second-order valence-electron chi connectivity index (χ2n) is 9.87. The summed E-state index contributed by atoms with van der Waals surface area (Å²) in [6, 6.07) is 2.70. The van der Waals surface area contributed by atoms with Crippen LogP contribution in [0.3, 0.4) is 0 Å². The van der Waals surface area contributed by atoms with Gasteiger partial charge in [-0.1, -0.05) is 0 Å². The van der Waals surface area contributed by atoms with E-state index < -0.39 is 85.6 Å². The summed E-state index contributed by atoms with van der Waals surface area (Å²) in [5.41, 5.74) is 5.56. The van der Waals surface area contributed by atoms with Gasteiger partial charge in [0.05, 0.1) is 21.1 Å². The van der Waals surface area contributed by atoms with Crippen molar-refractivity contribution in [1.29, 1.82) is 0 Å². The number of carboxylic acid groups (broad SMARTS) is 1. The van der Waals surface area contributed by atoms with Gasteiger partial charge in [-0.05, 0) is 18.2 Å². The smallest absolute Gasteiger partial charge is 0.342 e. The van der Waals surface area contributed by atoms with Crippen LogP contribution in [0.15, 0.2) is 18.2 Å². The highest BCUT2D eigenvalue weighted by Crippen LogP contribution is 2.32. The standard InChI is InChI=1S/C22H32N2O13/c1-24(2,3)12-13(26)17(36-22-16(29)14(27)15(28)18(37-22)19(30)31)11(35-21(12)33)7-34-20(32)9-6-8(23)4-5-10(9)25/h4-6,11-18,21-22,26-29,33H,7,23H2,1-3H3,(H-,25,30,31,32)/p+1/t11-,12-,13-,14+,15+,16-,17-,18+,21-,22-/m1/s1. The van der Waals surface area contributed by atoms with E-state index in [9.17, 15) is 45.3 Å². The normalized spacial score (nSPS) is 36.6. The number of carboxylic acids is 1. The molecule has 15 heteroatoms. The van der Waals surface area contributed by atoms with Crippen LogP contribution in [0.1, 0.15) is 10.4 Å². The number of anilines is 1. The SMILES string of the molecule is C[N+](C)(C)[C@@H]1[C@@H](O)[C@H](O[C@@H]2O[C@H](C(=O)O)[C@@H](O)[C@H](O)[C@H]2O)[C@@H](COC(=O)c2cc(N)ccc2O)O[C@H]1O. The summed E-state index contributed by atoms with van der Waals surface area (Å²) in [4.78, 5) is 24.0. The number of phenols is 1. The number of aliphatic hydroxyl groups excluding tert-OH is 5. The molecule has 1 aromatic rings. The number of nitrogens with zero attached hydrogens (tertiary/aromatic N) is 1. The summed E-state index contributed by atoms with van der Waals surface area (Å²) in [6.45, 7) is -0.633. The Hall–Kier alpha value is -2.60. The summed E-state index contributed by atoms with van der Waals surface area (Å²) in [7, 11) is 4.94. The first kappa shape index (κ1) is 29.0. The Bertz CT molecular complexity index is 986. The minimum Gasteiger partial charge on any atom is -0.507 e. The van der Waals surface area contributed by atoms with Crippen molar-refractivity contribution in [3.05, 3.63) is 23.8 Å². The molecular weight excluding hydrogens is 500 g/mol. The summed E-state index contributed by atoms with van der Waals surface area (Å²) >= 11 is 0. The zero-order chi connectivity index (χ0) is 27.8. The molecule has 2 aliphatic rings. The van der Waals surface area contributed by atoms with Crippen LogP contribution in [0.5, 0.6) is 5.75 Å². The molecule has 0 aromatic heterocycles. The van der Waals surface area contributed by atoms with Gasteiger partial charge in [0.2, 0.25) is 6.29 Å². The summed E-state index contributed by atoms with van der Waals surface area (Å²) in [5, 5.41) is 71.3. The molecule has 10 atom stereocenters. The van der Waals surface area contributed by atoms with E-state index in [0.717, 1.165) is 0 Å². The van der Waals surface area contributed by atoms with Gasteiger partial charge in [-0.25, -0.2) is 9.59 Å². The van der Waals surface area contributed by atoms with Crippen LogP contribution in [0.25, 0.3) is 0 Å². The second-order valence-corrected chi connectivity index (χ2v) is 9.87. The fraction of sp³-hybridized carbons (Fsp3) is 0.636. The van der Waals surface area contributed by atoms with Crippen LogP contribution in [0.2, 0.25) is 0 Å². The minimum atomic E-state index is -1.97. The Morgan fingerprint density at radius 2 is 1.65 bits per heavy atom. The molecule has 0 amide bonds. The number of hydrogen-bond acceptors (Lipinski definition) is 13. The summed E-state index contributed by atoms with van der Waals surface area (Å²) in [6.07, 6.45) is -15.7. The number of esters is 1. The Morgan fingerprint density at radius 3 is 2.24 bits per heavy atom. The van der Waals surface area contributed by atoms with Gasteiger partial charge in [-0.3, -0.25) is 0 Å². The number of aliphatic hydroxyl groups is 5. The highest BCUT2D eigenvalue weighted by molar-refractivity contribution is 5.93. The molecule has 208 valence electrons. The first-order valence-electron chi connectivity index (χ1n) is 11.3. The van der Waals surface area contributed by atoms with Crippen LogP contribution in [-0.2, 0) is 23.7 Å². The number of aliphatic carboxylic acids is 1. The monoisotopic (exact) mass is 533 g/mol. The predicted octanol–water partition coefficient (Wildman–Crippen LogP) is -3.44. The van der Waals surface area contributed by atoms with Crippen LogP contribution in [-0.4, -0.2) is 141 Å². The topological polar surface area (TPSA) is 239 Å². The third-order valence-electron chi connectivity index (χ3n) is 6.28. The largest absolute Gasteiger partial charge is 0.507 e. The molecule has 0 unspecified atom stereocenters. The molecule has 0 bridgehead atoms. The maximum Gasteiger partial charge on any atom is 0.342 e. The number of carbonyl (C=O) groups excluding carboxylic acids is 1. The number of likely N-dealkylation sites (N-methyl/N-ethyl adjacent to an activating group) is 1. The lowest BCUT2D eigenvalue weighted by Crippen LogP contribution is -2.70.